The number of benzene rings is 1. The molecule has 0 aliphatic heterocycles. The number of rotatable bonds is 4. The SMILES string of the molecule is Cc1noc(-c2ccc(=O)n(CC(=O)Nc3ccccc3Br)c2)n1. The Morgan fingerprint density at radius 1 is 1.29 bits per heavy atom. The van der Waals surface area contributed by atoms with E-state index in [0.29, 0.717) is 23.0 Å². The first-order valence-electron chi connectivity index (χ1n) is 7.08. The lowest BCUT2D eigenvalue weighted by Gasteiger charge is -2.09. The fourth-order valence-corrected chi connectivity index (χ4v) is 2.49. The molecular formula is C16H13BrN4O3. The largest absolute Gasteiger partial charge is 0.334 e. The van der Waals surface area contributed by atoms with Crippen molar-refractivity contribution in [3.63, 3.8) is 0 Å². The number of halogens is 1. The maximum absolute atomic E-state index is 12.2. The third-order valence-corrected chi connectivity index (χ3v) is 3.91. The average Bonchev–Trinajstić information content (AvgIpc) is 2.98. The van der Waals surface area contributed by atoms with Crippen molar-refractivity contribution in [2.24, 2.45) is 0 Å². The van der Waals surface area contributed by atoms with Crippen molar-refractivity contribution in [2.45, 2.75) is 13.5 Å². The number of anilines is 1. The minimum atomic E-state index is -0.317. The van der Waals surface area contributed by atoms with Gasteiger partial charge in [-0.25, -0.2) is 0 Å². The predicted molar refractivity (Wildman–Crippen MR) is 91.5 cm³/mol. The summed E-state index contributed by atoms with van der Waals surface area (Å²) in [4.78, 5) is 28.3. The summed E-state index contributed by atoms with van der Waals surface area (Å²) in [5, 5.41) is 6.47. The van der Waals surface area contributed by atoms with Crippen molar-refractivity contribution in [2.75, 3.05) is 5.32 Å². The Hall–Kier alpha value is -2.74. The van der Waals surface area contributed by atoms with Crippen LogP contribution < -0.4 is 10.9 Å². The Bertz CT molecular complexity index is 948. The molecule has 0 radical (unpaired) electrons. The molecule has 0 bridgehead atoms. The van der Waals surface area contributed by atoms with E-state index in [1.807, 2.05) is 18.2 Å². The van der Waals surface area contributed by atoms with Crippen LogP contribution in [0.4, 0.5) is 5.69 Å². The molecule has 1 amide bonds. The molecule has 0 atom stereocenters. The normalized spacial score (nSPS) is 10.6. The van der Waals surface area contributed by atoms with Gasteiger partial charge in [-0.2, -0.15) is 4.98 Å². The van der Waals surface area contributed by atoms with Crippen LogP contribution in [0.5, 0.6) is 0 Å². The van der Waals surface area contributed by atoms with E-state index in [-0.39, 0.29) is 18.0 Å². The number of carbonyl (C=O) groups excluding carboxylic acids is 1. The van der Waals surface area contributed by atoms with Gasteiger partial charge in [0.05, 0.1) is 11.3 Å². The van der Waals surface area contributed by atoms with E-state index in [1.165, 1.54) is 16.8 Å². The van der Waals surface area contributed by atoms with Crippen LogP contribution in [0.25, 0.3) is 11.5 Å². The third kappa shape index (κ3) is 3.60. The second kappa shape index (κ2) is 6.79. The van der Waals surface area contributed by atoms with Gasteiger partial charge in [-0.1, -0.05) is 17.3 Å². The Morgan fingerprint density at radius 2 is 2.08 bits per heavy atom. The van der Waals surface area contributed by atoms with Crippen LogP contribution in [-0.4, -0.2) is 20.6 Å². The molecule has 8 heteroatoms. The van der Waals surface area contributed by atoms with Gasteiger partial charge < -0.3 is 14.4 Å². The molecule has 2 aromatic heterocycles. The number of amides is 1. The molecule has 2 heterocycles. The molecular weight excluding hydrogens is 376 g/mol. The first kappa shape index (κ1) is 16.1. The Morgan fingerprint density at radius 3 is 2.79 bits per heavy atom. The van der Waals surface area contributed by atoms with E-state index in [0.717, 1.165) is 4.47 Å². The highest BCUT2D eigenvalue weighted by Crippen LogP contribution is 2.21. The van der Waals surface area contributed by atoms with E-state index >= 15 is 0 Å². The summed E-state index contributed by atoms with van der Waals surface area (Å²) in [5.41, 5.74) is 0.917. The van der Waals surface area contributed by atoms with E-state index < -0.39 is 0 Å². The fourth-order valence-electron chi connectivity index (χ4n) is 2.10. The maximum atomic E-state index is 12.2. The molecule has 24 heavy (non-hydrogen) atoms. The quantitative estimate of drug-likeness (QED) is 0.741. The Kier molecular flexibility index (Phi) is 4.57. The molecule has 0 spiro atoms. The highest BCUT2D eigenvalue weighted by atomic mass is 79.9. The molecule has 1 aromatic carbocycles. The van der Waals surface area contributed by atoms with Gasteiger partial charge in [0.25, 0.3) is 11.4 Å². The molecule has 1 N–H and O–H groups in total. The highest BCUT2D eigenvalue weighted by Gasteiger charge is 2.11. The Labute approximate surface area is 145 Å². The van der Waals surface area contributed by atoms with Gasteiger partial charge in [0.2, 0.25) is 5.91 Å². The zero-order valence-electron chi connectivity index (χ0n) is 12.7. The smallest absolute Gasteiger partial charge is 0.259 e. The van der Waals surface area contributed by atoms with Gasteiger partial charge in [-0.3, -0.25) is 9.59 Å². The number of pyridine rings is 1. The summed E-state index contributed by atoms with van der Waals surface area (Å²) in [6.45, 7) is 1.58. The second-order valence-corrected chi connectivity index (χ2v) is 5.91. The number of nitrogens with zero attached hydrogens (tertiary/aromatic N) is 3. The summed E-state index contributed by atoms with van der Waals surface area (Å²) in [5.74, 6) is 0.477. The molecule has 0 saturated heterocycles. The second-order valence-electron chi connectivity index (χ2n) is 5.06. The number of hydrogen-bond acceptors (Lipinski definition) is 5. The van der Waals surface area contributed by atoms with Crippen LogP contribution in [0.15, 0.2) is 56.4 Å². The zero-order chi connectivity index (χ0) is 17.1. The monoisotopic (exact) mass is 388 g/mol. The lowest BCUT2D eigenvalue weighted by Crippen LogP contribution is -2.26. The van der Waals surface area contributed by atoms with E-state index in [1.54, 1.807) is 19.1 Å². The molecule has 0 aliphatic carbocycles. The molecule has 3 rings (SSSR count). The van der Waals surface area contributed by atoms with Crippen molar-refractivity contribution < 1.29 is 9.32 Å². The van der Waals surface area contributed by atoms with Gasteiger partial charge in [0.15, 0.2) is 5.82 Å². The van der Waals surface area contributed by atoms with Crippen molar-refractivity contribution in [3.05, 3.63) is 63.2 Å². The molecule has 3 aromatic rings. The van der Waals surface area contributed by atoms with E-state index in [4.69, 9.17) is 4.52 Å². The predicted octanol–water partition coefficient (Wildman–Crippen LogP) is 2.61. The van der Waals surface area contributed by atoms with E-state index in [2.05, 4.69) is 31.4 Å². The zero-order valence-corrected chi connectivity index (χ0v) is 14.3. The van der Waals surface area contributed by atoms with Gasteiger partial charge in [-0.05, 0) is 41.1 Å². The number of carbonyl (C=O) groups is 1. The van der Waals surface area contributed by atoms with Gasteiger partial charge >= 0.3 is 0 Å². The summed E-state index contributed by atoms with van der Waals surface area (Å²) in [6, 6.07) is 10.2. The highest BCUT2D eigenvalue weighted by molar-refractivity contribution is 9.10. The van der Waals surface area contributed by atoms with Crippen molar-refractivity contribution >= 4 is 27.5 Å². The topological polar surface area (TPSA) is 90.0 Å². The third-order valence-electron chi connectivity index (χ3n) is 3.22. The van der Waals surface area contributed by atoms with Crippen LogP contribution in [0, 0.1) is 6.92 Å². The molecule has 7 nitrogen and oxygen atoms in total. The number of hydrogen-bond donors (Lipinski definition) is 1. The summed E-state index contributed by atoms with van der Waals surface area (Å²) < 4.78 is 7.14. The number of para-hydroxylation sites is 1. The summed E-state index contributed by atoms with van der Waals surface area (Å²) in [7, 11) is 0. The number of aryl methyl sites for hydroxylation is 1. The average molecular weight is 389 g/mol. The molecule has 0 fully saturated rings. The van der Waals surface area contributed by atoms with Crippen LogP contribution in [0.2, 0.25) is 0 Å². The minimum Gasteiger partial charge on any atom is -0.334 e. The van der Waals surface area contributed by atoms with Crippen LogP contribution in [0.1, 0.15) is 5.82 Å². The number of aromatic nitrogens is 3. The summed E-state index contributed by atoms with van der Waals surface area (Å²) >= 11 is 3.36. The van der Waals surface area contributed by atoms with Gasteiger partial charge in [0.1, 0.15) is 6.54 Å². The molecule has 0 aliphatic rings. The Balaban J connectivity index is 1.80. The fraction of sp³-hybridized carbons (Fsp3) is 0.125. The first-order valence-corrected chi connectivity index (χ1v) is 7.88. The molecule has 0 unspecified atom stereocenters. The first-order chi connectivity index (χ1) is 11.5. The van der Waals surface area contributed by atoms with E-state index in [9.17, 15) is 9.59 Å². The van der Waals surface area contributed by atoms with Crippen molar-refractivity contribution in [3.8, 4) is 11.5 Å². The standard InChI is InChI=1S/C16H13BrN4O3/c1-10-18-16(24-20-10)11-6-7-15(23)21(8-11)9-14(22)19-13-5-3-2-4-12(13)17/h2-8H,9H2,1H3,(H,19,22). The maximum Gasteiger partial charge on any atom is 0.259 e. The van der Waals surface area contributed by atoms with Gasteiger partial charge in [-0.15, -0.1) is 0 Å². The lowest BCUT2D eigenvalue weighted by molar-refractivity contribution is -0.116. The minimum absolute atomic E-state index is 0.124. The molecule has 122 valence electrons. The van der Waals surface area contributed by atoms with Gasteiger partial charge in [0, 0.05) is 16.7 Å². The van der Waals surface area contributed by atoms with Crippen LogP contribution in [0.3, 0.4) is 0 Å². The number of nitrogens with one attached hydrogen (secondary N) is 1. The van der Waals surface area contributed by atoms with Crippen molar-refractivity contribution in [1.82, 2.24) is 14.7 Å². The van der Waals surface area contributed by atoms with Crippen LogP contribution >= 0.6 is 15.9 Å². The molecule has 0 saturated carbocycles. The summed E-state index contributed by atoms with van der Waals surface area (Å²) in [6.07, 6.45) is 1.52. The van der Waals surface area contributed by atoms with Crippen LogP contribution in [-0.2, 0) is 11.3 Å². The van der Waals surface area contributed by atoms with Crippen molar-refractivity contribution in [1.29, 1.82) is 0 Å². The lowest BCUT2D eigenvalue weighted by atomic mass is 10.2.